The van der Waals surface area contributed by atoms with Gasteiger partial charge in [-0.25, -0.2) is 10.1 Å². The number of nitrogens with zero attached hydrogens (tertiary/aromatic N) is 3. The van der Waals surface area contributed by atoms with Gasteiger partial charge < -0.3 is 16.8 Å². The number of benzene rings is 1. The Bertz CT molecular complexity index is 805. The van der Waals surface area contributed by atoms with Crippen LogP contribution in [0.4, 0.5) is 17.6 Å². The molecule has 1 aromatic carbocycles. The molecule has 0 aliphatic carbocycles. The van der Waals surface area contributed by atoms with Crippen LogP contribution in [0.15, 0.2) is 35.1 Å². The second kappa shape index (κ2) is 8.14. The highest BCUT2D eigenvalue weighted by molar-refractivity contribution is 6.11. The van der Waals surface area contributed by atoms with Crippen molar-refractivity contribution in [1.82, 2.24) is 15.2 Å². The zero-order valence-corrected chi connectivity index (χ0v) is 15.1. The number of rotatable bonds is 6. The first-order chi connectivity index (χ1) is 11.9. The molecule has 0 saturated heterocycles. The summed E-state index contributed by atoms with van der Waals surface area (Å²) in [6.07, 6.45) is 6.58. The van der Waals surface area contributed by atoms with Crippen molar-refractivity contribution in [2.75, 3.05) is 11.1 Å². The number of H-pyrrole nitrogens is 1. The van der Waals surface area contributed by atoms with E-state index in [1.807, 2.05) is 38.1 Å². The van der Waals surface area contributed by atoms with Crippen LogP contribution in [0, 0.1) is 13.8 Å². The Labute approximate surface area is 148 Å². The molecule has 132 valence electrons. The molecule has 7 nitrogen and oxygen atoms in total. The van der Waals surface area contributed by atoms with Crippen molar-refractivity contribution in [1.29, 1.82) is 0 Å². The van der Waals surface area contributed by atoms with Gasteiger partial charge in [-0.05, 0) is 67.7 Å². The first kappa shape index (κ1) is 18.3. The molecule has 6 N–H and O–H groups in total. The van der Waals surface area contributed by atoms with Gasteiger partial charge in [0.15, 0.2) is 0 Å². The van der Waals surface area contributed by atoms with E-state index in [-0.39, 0.29) is 5.95 Å². The molecule has 0 fully saturated rings. The van der Waals surface area contributed by atoms with Gasteiger partial charge in [0.05, 0.1) is 0 Å². The summed E-state index contributed by atoms with van der Waals surface area (Å²) in [4.78, 5) is 8.38. The molecule has 0 aliphatic heterocycles. The minimum Gasteiger partial charge on any atom is -0.384 e. The van der Waals surface area contributed by atoms with Gasteiger partial charge in [0.2, 0.25) is 11.9 Å². The van der Waals surface area contributed by atoms with E-state index in [2.05, 4.69) is 39.3 Å². The second-order valence-corrected chi connectivity index (χ2v) is 5.69. The summed E-state index contributed by atoms with van der Waals surface area (Å²) in [5, 5.41) is 9.73. The lowest BCUT2D eigenvalue weighted by Gasteiger charge is -2.13. The van der Waals surface area contributed by atoms with Gasteiger partial charge in [-0.15, -0.1) is 5.10 Å². The van der Waals surface area contributed by atoms with E-state index in [1.54, 1.807) is 6.21 Å². The number of hydrogen-bond donors (Lipinski definition) is 4. The normalized spacial score (nSPS) is 12.8. The maximum atomic E-state index is 5.85. The van der Waals surface area contributed by atoms with E-state index < -0.39 is 0 Å². The van der Waals surface area contributed by atoms with Crippen LogP contribution in [0.5, 0.6) is 0 Å². The third-order valence-corrected chi connectivity index (χ3v) is 3.66. The molecule has 0 unspecified atom stereocenters. The highest BCUT2D eigenvalue weighted by Gasteiger charge is 2.10. The molecular formula is C18H25N7. The molecule has 25 heavy (non-hydrogen) atoms. The lowest BCUT2D eigenvalue weighted by Crippen LogP contribution is -2.00. The van der Waals surface area contributed by atoms with Crippen molar-refractivity contribution >= 4 is 29.4 Å². The van der Waals surface area contributed by atoms with Gasteiger partial charge in [0.25, 0.3) is 0 Å². The molecule has 0 atom stereocenters. The smallest absolute Gasteiger partial charge is 0.248 e. The fourth-order valence-electron chi connectivity index (χ4n) is 2.64. The summed E-state index contributed by atoms with van der Waals surface area (Å²) in [6.45, 7) is 8.13. The van der Waals surface area contributed by atoms with Crippen molar-refractivity contribution < 1.29 is 0 Å². The zero-order valence-electron chi connectivity index (χ0n) is 15.1. The minimum absolute atomic E-state index is 0.276. The maximum Gasteiger partial charge on any atom is 0.248 e. The van der Waals surface area contributed by atoms with Crippen LogP contribution in [0.2, 0.25) is 0 Å². The SMILES string of the molecule is C\C=C(/C=N\C(N)=C\CC)c1c(C)cc(Nc2n[nH]c(N)n2)cc1C. The molecule has 2 rings (SSSR count). The highest BCUT2D eigenvalue weighted by atomic mass is 15.3. The largest absolute Gasteiger partial charge is 0.384 e. The molecular weight excluding hydrogens is 314 g/mol. The van der Waals surface area contributed by atoms with Crippen molar-refractivity contribution in [3.63, 3.8) is 0 Å². The number of nitrogens with two attached hydrogens (primary N) is 2. The Morgan fingerprint density at radius 1 is 1.32 bits per heavy atom. The molecule has 1 heterocycles. The standard InChI is InChI=1S/C18H25N7/c1-5-7-15(19)21-10-13(6-2)16-11(3)8-14(9-12(16)4)22-18-23-17(20)24-25-18/h6-10H,5,19H2,1-4H3,(H4,20,22,23,24,25)/b13-6+,15-7+,21-10-. The van der Waals surface area contributed by atoms with E-state index in [0.717, 1.165) is 34.4 Å². The first-order valence-corrected chi connectivity index (χ1v) is 8.17. The van der Waals surface area contributed by atoms with Gasteiger partial charge in [-0.2, -0.15) is 4.98 Å². The Balaban J connectivity index is 2.30. The van der Waals surface area contributed by atoms with Gasteiger partial charge in [-0.3, -0.25) is 0 Å². The molecule has 0 saturated carbocycles. The third kappa shape index (κ3) is 4.69. The summed E-state index contributed by atoms with van der Waals surface area (Å²) in [7, 11) is 0. The average Bonchev–Trinajstić information content (AvgIpc) is 2.95. The predicted molar refractivity (Wildman–Crippen MR) is 105 cm³/mol. The quantitative estimate of drug-likeness (QED) is 0.601. The van der Waals surface area contributed by atoms with E-state index in [4.69, 9.17) is 11.5 Å². The van der Waals surface area contributed by atoms with E-state index in [1.165, 1.54) is 0 Å². The number of anilines is 3. The fourth-order valence-corrected chi connectivity index (χ4v) is 2.64. The summed E-state index contributed by atoms with van der Waals surface area (Å²) in [6, 6.07) is 4.08. The van der Waals surface area contributed by atoms with Crippen LogP contribution >= 0.6 is 0 Å². The zero-order chi connectivity index (χ0) is 18.4. The number of nitrogen functional groups attached to an aromatic ring is 1. The van der Waals surface area contributed by atoms with Crippen LogP contribution in [0.3, 0.4) is 0 Å². The second-order valence-electron chi connectivity index (χ2n) is 5.69. The first-order valence-electron chi connectivity index (χ1n) is 8.17. The topological polar surface area (TPSA) is 118 Å². The Hall–Kier alpha value is -3.09. The fraction of sp³-hybridized carbons (Fsp3) is 0.278. The molecule has 2 aromatic rings. The molecule has 1 aromatic heterocycles. The summed E-state index contributed by atoms with van der Waals surface area (Å²) >= 11 is 0. The average molecular weight is 339 g/mol. The van der Waals surface area contributed by atoms with Gasteiger partial charge in [0.1, 0.15) is 5.82 Å². The molecule has 0 radical (unpaired) electrons. The van der Waals surface area contributed by atoms with Crippen LogP contribution in [-0.2, 0) is 0 Å². The van der Waals surface area contributed by atoms with Gasteiger partial charge in [-0.1, -0.05) is 13.0 Å². The third-order valence-electron chi connectivity index (χ3n) is 3.66. The van der Waals surface area contributed by atoms with E-state index in [0.29, 0.717) is 11.8 Å². The number of aromatic nitrogens is 3. The van der Waals surface area contributed by atoms with Gasteiger partial charge >= 0.3 is 0 Å². The molecule has 0 aliphatic rings. The number of aromatic amines is 1. The number of hydrogen-bond acceptors (Lipinski definition) is 6. The minimum atomic E-state index is 0.276. The number of nitrogens with one attached hydrogen (secondary N) is 2. The summed E-state index contributed by atoms with van der Waals surface area (Å²) in [5.41, 5.74) is 16.7. The van der Waals surface area contributed by atoms with E-state index in [9.17, 15) is 0 Å². The summed E-state index contributed by atoms with van der Waals surface area (Å²) in [5.74, 6) is 1.24. The molecule has 0 amide bonds. The molecule has 7 heteroatoms. The Kier molecular flexibility index (Phi) is 5.94. The Morgan fingerprint density at radius 2 is 2.00 bits per heavy atom. The lowest BCUT2D eigenvalue weighted by atomic mass is 9.95. The van der Waals surface area contributed by atoms with E-state index >= 15 is 0 Å². The maximum absolute atomic E-state index is 5.85. The number of aliphatic imine (C=N–C) groups is 1. The number of allylic oxidation sites excluding steroid dienone is 3. The highest BCUT2D eigenvalue weighted by Crippen LogP contribution is 2.27. The van der Waals surface area contributed by atoms with Crippen molar-refractivity contribution in [2.45, 2.75) is 34.1 Å². The van der Waals surface area contributed by atoms with Crippen molar-refractivity contribution in [3.05, 3.63) is 46.8 Å². The van der Waals surface area contributed by atoms with Crippen LogP contribution in [0.25, 0.3) is 5.57 Å². The lowest BCUT2D eigenvalue weighted by molar-refractivity contribution is 1.10. The van der Waals surface area contributed by atoms with Crippen molar-refractivity contribution in [2.24, 2.45) is 10.7 Å². The van der Waals surface area contributed by atoms with Crippen LogP contribution in [-0.4, -0.2) is 21.4 Å². The molecule has 0 bridgehead atoms. The van der Waals surface area contributed by atoms with Crippen LogP contribution < -0.4 is 16.8 Å². The van der Waals surface area contributed by atoms with Crippen molar-refractivity contribution in [3.8, 4) is 0 Å². The van der Waals surface area contributed by atoms with Gasteiger partial charge in [0, 0.05) is 11.9 Å². The summed E-state index contributed by atoms with van der Waals surface area (Å²) < 4.78 is 0. The molecule has 0 spiro atoms. The Morgan fingerprint density at radius 3 is 2.52 bits per heavy atom. The predicted octanol–water partition coefficient (Wildman–Crippen LogP) is 3.43. The monoisotopic (exact) mass is 339 g/mol. The van der Waals surface area contributed by atoms with Crippen LogP contribution in [0.1, 0.15) is 37.0 Å². The number of aryl methyl sites for hydroxylation is 2.